The molecule has 22 nitrogen and oxygen atoms in total. The Bertz CT molecular complexity index is 7170. The Balaban J connectivity index is 0.000000144. The summed E-state index contributed by atoms with van der Waals surface area (Å²) in [6.45, 7) is 37.2. The molecule has 8 aromatic heterocycles. The van der Waals surface area contributed by atoms with Gasteiger partial charge >= 0.3 is 0 Å². The first-order valence-electron chi connectivity index (χ1n) is 41.6. The van der Waals surface area contributed by atoms with Gasteiger partial charge < -0.3 is 9.47 Å². The van der Waals surface area contributed by atoms with Gasteiger partial charge in [0, 0.05) is 57.9 Å². The molecule has 0 fully saturated rings. The summed E-state index contributed by atoms with van der Waals surface area (Å²) in [5.74, 6) is 0.833. The molecule has 26 heteroatoms. The summed E-state index contributed by atoms with van der Waals surface area (Å²) in [6.07, 6.45) is 8.67. The molecule has 16 rings (SSSR count). The first-order chi connectivity index (χ1) is 59.4. The minimum absolute atomic E-state index is 0.0274. The largest absolute Gasteiger partial charge is 0.494 e. The number of hydrogen-bond acceptors (Lipinski definition) is 18. The van der Waals surface area contributed by atoms with Gasteiger partial charge in [0.2, 0.25) is 0 Å². The van der Waals surface area contributed by atoms with Gasteiger partial charge in [-0.05, 0) is 255 Å². The van der Waals surface area contributed by atoms with E-state index in [0.717, 1.165) is 117 Å². The summed E-state index contributed by atoms with van der Waals surface area (Å²) >= 11 is 0. The van der Waals surface area contributed by atoms with Crippen LogP contribution in [0.2, 0.25) is 0 Å². The molecular formula is C100H108N12O10S4. The second kappa shape index (κ2) is 36.3. The van der Waals surface area contributed by atoms with E-state index in [0.29, 0.717) is 60.2 Å². The normalized spacial score (nSPS) is 12.3. The molecular weight excluding hydrogens is 1660 g/mol. The molecule has 0 spiro atoms. The molecule has 8 aromatic carbocycles. The zero-order valence-corrected chi connectivity index (χ0v) is 78.1. The van der Waals surface area contributed by atoms with Gasteiger partial charge in [-0.2, -0.15) is 20.4 Å². The molecule has 652 valence electrons. The van der Waals surface area contributed by atoms with Crippen molar-refractivity contribution in [3.05, 3.63) is 323 Å². The number of benzene rings is 8. The molecule has 0 radical (unpaired) electrons. The minimum Gasteiger partial charge on any atom is -0.494 e. The molecule has 0 aliphatic rings. The molecule has 0 saturated carbocycles. The van der Waals surface area contributed by atoms with Crippen molar-refractivity contribution in [2.24, 2.45) is 0 Å². The SMILES string of the molecule is CCOc1ccc(-n2nc(C)cc2CS(=O)(=O)c2ccc(C(C)(C)C)cc2)c2ccncc12.COc1ccc(-n2nc(C)cc2CS(=O)(=O)c2ccc(C(C)(C)C)cc2)c2cccnc12.Cc1cc(-n2nc(C)cc2CS(=O)(=O)c2ccc(C(C)(C)C)cc2)c2cccnc2c1.Cc1cc(CS(=O)(=O)c2ccc(C(C)(C)C)cc2)n(-c2cccc3ncccc23)n1. The highest BCUT2D eigenvalue weighted by Gasteiger charge is 2.29. The van der Waals surface area contributed by atoms with Crippen LogP contribution in [0, 0.1) is 34.6 Å². The zero-order valence-electron chi connectivity index (χ0n) is 74.8. The predicted octanol–water partition coefficient (Wildman–Crippen LogP) is 20.7. The van der Waals surface area contributed by atoms with Crippen LogP contribution in [0.5, 0.6) is 11.5 Å². The van der Waals surface area contributed by atoms with E-state index < -0.39 is 39.3 Å². The molecule has 16 aromatic rings. The average molecular weight is 1770 g/mol. The second-order valence-electron chi connectivity index (χ2n) is 35.7. The Morgan fingerprint density at radius 2 is 0.659 bits per heavy atom. The van der Waals surface area contributed by atoms with E-state index in [1.807, 2.05) is 211 Å². The molecule has 0 N–H and O–H groups in total. The van der Waals surface area contributed by atoms with Gasteiger partial charge in [0.15, 0.2) is 39.3 Å². The smallest absolute Gasteiger partial charge is 0.184 e. The summed E-state index contributed by atoms with van der Waals surface area (Å²) in [5, 5.41) is 22.9. The van der Waals surface area contributed by atoms with Crippen molar-refractivity contribution in [2.45, 2.75) is 189 Å². The van der Waals surface area contributed by atoms with Crippen molar-refractivity contribution in [2.75, 3.05) is 13.7 Å². The van der Waals surface area contributed by atoms with Crippen LogP contribution in [0.25, 0.3) is 66.2 Å². The number of fused-ring (bicyclic) bond motifs is 4. The van der Waals surface area contributed by atoms with Crippen LogP contribution in [0.1, 0.15) is 163 Å². The second-order valence-corrected chi connectivity index (χ2v) is 43.7. The van der Waals surface area contributed by atoms with E-state index in [4.69, 9.17) is 9.47 Å². The molecule has 8 heterocycles. The maximum atomic E-state index is 13.3. The van der Waals surface area contributed by atoms with Crippen LogP contribution >= 0.6 is 0 Å². The lowest BCUT2D eigenvalue weighted by atomic mass is 9.87. The van der Waals surface area contributed by atoms with Crippen LogP contribution in [0.4, 0.5) is 0 Å². The molecule has 126 heavy (non-hydrogen) atoms. The van der Waals surface area contributed by atoms with Crippen LogP contribution < -0.4 is 9.47 Å². The lowest BCUT2D eigenvalue weighted by Crippen LogP contribution is -2.13. The molecule has 0 aliphatic heterocycles. The number of pyridine rings is 4. The first-order valence-corrected chi connectivity index (χ1v) is 48.2. The van der Waals surface area contributed by atoms with Crippen LogP contribution in [0.15, 0.2) is 269 Å². The van der Waals surface area contributed by atoms with Gasteiger partial charge in [0.1, 0.15) is 17.0 Å². The Morgan fingerprint density at radius 1 is 0.317 bits per heavy atom. The Morgan fingerprint density at radius 3 is 1.04 bits per heavy atom. The van der Waals surface area contributed by atoms with E-state index in [1.54, 1.807) is 105 Å². The van der Waals surface area contributed by atoms with Crippen LogP contribution in [-0.2, 0) is 84.0 Å². The monoisotopic (exact) mass is 1760 g/mol. The van der Waals surface area contributed by atoms with Gasteiger partial charge in [-0.15, -0.1) is 0 Å². The number of methoxy groups -OCH3 is 1. The highest BCUT2D eigenvalue weighted by Crippen LogP contribution is 2.37. The molecule has 0 atom stereocenters. The Labute approximate surface area is 739 Å². The fourth-order valence-electron chi connectivity index (χ4n) is 15.1. The Hall–Kier alpha value is -12.4. The first kappa shape index (κ1) is 91.3. The number of rotatable bonds is 19. The van der Waals surface area contributed by atoms with E-state index in [9.17, 15) is 33.7 Å². The molecule has 0 bridgehead atoms. The maximum Gasteiger partial charge on any atom is 0.184 e. The number of nitrogens with zero attached hydrogens (tertiary/aromatic N) is 12. The number of hydrogen-bond donors (Lipinski definition) is 0. The number of sulfone groups is 4. The van der Waals surface area contributed by atoms with Gasteiger partial charge in [-0.25, -0.2) is 52.4 Å². The number of ether oxygens (including phenoxy) is 2. The number of aryl methyl sites for hydroxylation is 5. The minimum atomic E-state index is -3.56. The van der Waals surface area contributed by atoms with Crippen LogP contribution in [0.3, 0.4) is 0 Å². The lowest BCUT2D eigenvalue weighted by molar-refractivity contribution is 0.344. The van der Waals surface area contributed by atoms with Crippen molar-refractivity contribution in [1.29, 1.82) is 0 Å². The van der Waals surface area contributed by atoms with Gasteiger partial charge in [0.25, 0.3) is 0 Å². The summed E-state index contributed by atoms with van der Waals surface area (Å²) in [4.78, 5) is 18.8. The third kappa shape index (κ3) is 20.7. The highest BCUT2D eigenvalue weighted by molar-refractivity contribution is 7.91. The standard InChI is InChI=1S/C26H29N3O3S.C25H27N3O3S.C25H27N3O2S.C24H25N3O2S/c1-6-32-25-12-11-24(22-13-14-27-16-23(22)25)29-20(15-18(2)28-29)17-33(30,31)21-9-7-19(8-10-21)26(3,4)5;1-17-15-19(16-32(29,30)20-10-8-18(9-11-20)25(2,3)4)28(27-17)22-12-13-23(31-5)24-21(22)7-6-14-26-24;1-17-13-23-22(7-6-12-26-23)24(14-17)28-20(15-18(2)27-28)16-31(29,30)21-10-8-19(9-11-21)25(3,4)5;1-17-15-19(16-30(28,29)20-12-10-18(11-13-20)24(2,3)4)27(26-17)23-9-5-8-22-21(23)7-6-14-25-22/h7-16H,6,17H2,1-5H3;6-15H,16H2,1-5H3;6-15H,16H2,1-5H3;5-15H,16H2,1-4H3. The summed E-state index contributed by atoms with van der Waals surface area (Å²) in [5.41, 5.74) is 16.4. The lowest BCUT2D eigenvalue weighted by Gasteiger charge is -2.19. The highest BCUT2D eigenvalue weighted by atomic mass is 32.2. The topological polar surface area (TPSA) is 278 Å². The zero-order chi connectivity index (χ0) is 90.8. The number of aromatic nitrogens is 12. The predicted molar refractivity (Wildman–Crippen MR) is 501 cm³/mol. The van der Waals surface area contributed by atoms with Crippen molar-refractivity contribution >= 4 is 82.8 Å². The van der Waals surface area contributed by atoms with E-state index in [2.05, 4.69) is 123 Å². The summed E-state index contributed by atoms with van der Waals surface area (Å²) in [7, 11) is -12.6. The Kier molecular flexibility index (Phi) is 26.3. The molecule has 0 amide bonds. The van der Waals surface area contributed by atoms with Crippen molar-refractivity contribution in [1.82, 2.24) is 59.1 Å². The molecule has 0 aliphatic carbocycles. The maximum absolute atomic E-state index is 13.3. The summed E-state index contributed by atoms with van der Waals surface area (Å²) < 4.78 is 124. The van der Waals surface area contributed by atoms with E-state index in [-0.39, 0.29) is 44.7 Å². The van der Waals surface area contributed by atoms with Crippen LogP contribution in [-0.4, -0.2) is 106 Å². The molecule has 0 unspecified atom stereocenters. The van der Waals surface area contributed by atoms with Crippen molar-refractivity contribution < 1.29 is 43.1 Å². The van der Waals surface area contributed by atoms with Crippen molar-refractivity contribution in [3.8, 4) is 34.2 Å². The van der Waals surface area contributed by atoms with E-state index in [1.165, 1.54) is 0 Å². The summed E-state index contributed by atoms with van der Waals surface area (Å²) in [6, 6.07) is 66.7. The van der Waals surface area contributed by atoms with Gasteiger partial charge in [-0.1, -0.05) is 138 Å². The van der Waals surface area contributed by atoms with Gasteiger partial charge in [-0.3, -0.25) is 19.9 Å². The fourth-order valence-corrected chi connectivity index (χ4v) is 20.3. The van der Waals surface area contributed by atoms with E-state index >= 15 is 0 Å². The third-order valence-corrected chi connectivity index (χ3v) is 28.3. The fraction of sp³-hybridized carbons (Fsp3) is 0.280. The van der Waals surface area contributed by atoms with Gasteiger partial charge in [0.05, 0.1) is 136 Å². The molecule has 0 saturated heterocycles. The third-order valence-electron chi connectivity index (χ3n) is 21.7. The quantitative estimate of drug-likeness (QED) is 0.0727. The average Bonchev–Trinajstić information content (AvgIpc) is 1.61. The van der Waals surface area contributed by atoms with Crippen molar-refractivity contribution in [3.63, 3.8) is 0 Å².